The number of thioether (sulfide) groups is 1. The molecule has 0 amide bonds. The van der Waals surface area contributed by atoms with Gasteiger partial charge in [-0.3, -0.25) is 9.36 Å². The maximum atomic E-state index is 13.0. The molecule has 4 rings (SSSR count). The predicted octanol–water partition coefficient (Wildman–Crippen LogP) is 5.05. The average Bonchev–Trinajstić information content (AvgIpc) is 3.43. The summed E-state index contributed by atoms with van der Waals surface area (Å²) in [5.74, 6) is 2.93. The fourth-order valence-corrected chi connectivity index (χ4v) is 4.58. The zero-order valence-corrected chi connectivity index (χ0v) is 18.5. The number of aromatic nitrogens is 3. The van der Waals surface area contributed by atoms with Crippen LogP contribution in [0, 0.1) is 11.7 Å². The number of carbonyl (C=O) groups is 1. The number of piperidine rings is 1. The molecule has 8 heteroatoms. The first-order valence-electron chi connectivity index (χ1n) is 10.7. The van der Waals surface area contributed by atoms with E-state index >= 15 is 0 Å². The normalized spacial score (nSPS) is 14.8. The first kappa shape index (κ1) is 21.6. The molecular weight excluding hydrogens is 415 g/mol. The molecule has 0 atom stereocenters. The van der Waals surface area contributed by atoms with Gasteiger partial charge in [-0.1, -0.05) is 18.7 Å². The van der Waals surface area contributed by atoms with E-state index in [1.807, 2.05) is 12.1 Å². The highest BCUT2D eigenvalue weighted by Crippen LogP contribution is 2.27. The van der Waals surface area contributed by atoms with Crippen molar-refractivity contribution in [1.82, 2.24) is 14.8 Å². The minimum atomic E-state index is -0.332. The Hall–Kier alpha value is -2.61. The van der Waals surface area contributed by atoms with Crippen molar-refractivity contribution in [3.8, 4) is 0 Å². The number of ketones is 1. The number of anilines is 1. The molecule has 0 saturated carbocycles. The van der Waals surface area contributed by atoms with Crippen molar-refractivity contribution in [1.29, 1.82) is 0 Å². The maximum Gasteiger partial charge on any atom is 0.228 e. The molecule has 0 spiro atoms. The summed E-state index contributed by atoms with van der Waals surface area (Å²) in [6, 6.07) is 9.56. The lowest BCUT2D eigenvalue weighted by molar-refractivity contribution is 0.0982. The summed E-state index contributed by atoms with van der Waals surface area (Å²) in [7, 11) is 0. The highest BCUT2D eigenvalue weighted by molar-refractivity contribution is 7.99. The lowest BCUT2D eigenvalue weighted by atomic mass is 10.00. The number of carbonyl (C=O) groups excluding carboxylic acids is 1. The van der Waals surface area contributed by atoms with Crippen LogP contribution in [0.25, 0.3) is 0 Å². The Morgan fingerprint density at radius 1 is 1.19 bits per heavy atom. The predicted molar refractivity (Wildman–Crippen MR) is 119 cm³/mol. The van der Waals surface area contributed by atoms with Gasteiger partial charge in [-0.05, 0) is 61.6 Å². The molecule has 2 aromatic heterocycles. The topological polar surface area (TPSA) is 64.2 Å². The second kappa shape index (κ2) is 10.1. The lowest BCUT2D eigenvalue weighted by Crippen LogP contribution is -2.35. The van der Waals surface area contributed by atoms with Crippen molar-refractivity contribution in [2.45, 2.75) is 44.3 Å². The molecule has 3 aromatic rings. The Morgan fingerprint density at radius 2 is 1.97 bits per heavy atom. The van der Waals surface area contributed by atoms with E-state index < -0.39 is 0 Å². The molecule has 1 aliphatic rings. The number of nitrogens with zero attached hydrogens (tertiary/aromatic N) is 4. The minimum Gasteiger partial charge on any atom is -0.467 e. The van der Waals surface area contributed by atoms with Crippen LogP contribution in [0.2, 0.25) is 0 Å². The third-order valence-electron chi connectivity index (χ3n) is 5.60. The van der Waals surface area contributed by atoms with Crippen LogP contribution in [0.15, 0.2) is 52.2 Å². The van der Waals surface area contributed by atoms with Gasteiger partial charge < -0.3 is 9.32 Å². The van der Waals surface area contributed by atoms with E-state index in [9.17, 15) is 9.18 Å². The zero-order valence-electron chi connectivity index (χ0n) is 17.7. The largest absolute Gasteiger partial charge is 0.467 e. The van der Waals surface area contributed by atoms with Crippen LogP contribution in [-0.2, 0) is 6.54 Å². The van der Waals surface area contributed by atoms with Crippen molar-refractivity contribution in [3.63, 3.8) is 0 Å². The van der Waals surface area contributed by atoms with E-state index in [4.69, 9.17) is 4.42 Å². The van der Waals surface area contributed by atoms with Gasteiger partial charge in [-0.2, -0.15) is 0 Å². The summed E-state index contributed by atoms with van der Waals surface area (Å²) in [5, 5.41) is 9.76. The highest BCUT2D eigenvalue weighted by Gasteiger charge is 2.23. The van der Waals surface area contributed by atoms with E-state index in [1.54, 1.807) is 18.0 Å². The van der Waals surface area contributed by atoms with Gasteiger partial charge in [0.1, 0.15) is 11.6 Å². The van der Waals surface area contributed by atoms with Crippen molar-refractivity contribution in [2.24, 2.45) is 5.92 Å². The quantitative estimate of drug-likeness (QED) is 0.262. The number of benzene rings is 1. The Morgan fingerprint density at radius 3 is 2.68 bits per heavy atom. The second-order valence-corrected chi connectivity index (χ2v) is 9.06. The van der Waals surface area contributed by atoms with Gasteiger partial charge in [-0.15, -0.1) is 10.2 Å². The summed E-state index contributed by atoms with van der Waals surface area (Å²) in [5.41, 5.74) is 0.550. The van der Waals surface area contributed by atoms with Crippen LogP contribution in [0.4, 0.5) is 10.3 Å². The van der Waals surface area contributed by atoms with E-state index in [0.29, 0.717) is 24.9 Å². The minimum absolute atomic E-state index is 0.0285. The van der Waals surface area contributed by atoms with Gasteiger partial charge in [0, 0.05) is 30.8 Å². The maximum absolute atomic E-state index is 13.0. The van der Waals surface area contributed by atoms with Gasteiger partial charge in [0.25, 0.3) is 0 Å². The number of Topliss-reactive ketones (excluding diaryl/α,β-unsaturated/α-hetero) is 1. The molecule has 31 heavy (non-hydrogen) atoms. The molecule has 1 aromatic carbocycles. The molecule has 0 N–H and O–H groups in total. The van der Waals surface area contributed by atoms with Crippen LogP contribution in [0.5, 0.6) is 0 Å². The molecule has 1 fully saturated rings. The van der Waals surface area contributed by atoms with E-state index in [0.717, 1.165) is 54.5 Å². The number of halogens is 1. The SMILES string of the molecule is CC1CCN(c2nnc(SCCCC(=O)c3ccc(F)cc3)n2Cc2ccco2)CC1. The number of furan rings is 1. The summed E-state index contributed by atoms with van der Waals surface area (Å²) in [6.07, 6.45) is 5.12. The van der Waals surface area contributed by atoms with E-state index in [-0.39, 0.29) is 11.6 Å². The van der Waals surface area contributed by atoms with Gasteiger partial charge in [-0.25, -0.2) is 4.39 Å². The summed E-state index contributed by atoms with van der Waals surface area (Å²) in [6.45, 7) is 4.83. The van der Waals surface area contributed by atoms with Crippen molar-refractivity contribution >= 4 is 23.5 Å². The van der Waals surface area contributed by atoms with Crippen LogP contribution in [0.3, 0.4) is 0 Å². The van der Waals surface area contributed by atoms with E-state index in [1.165, 1.54) is 24.3 Å². The van der Waals surface area contributed by atoms with Crippen LogP contribution < -0.4 is 4.90 Å². The molecule has 3 heterocycles. The molecular formula is C23H27FN4O2S. The van der Waals surface area contributed by atoms with Crippen LogP contribution in [-0.4, -0.2) is 39.4 Å². The number of hydrogen-bond acceptors (Lipinski definition) is 6. The first-order chi connectivity index (χ1) is 15.1. The van der Waals surface area contributed by atoms with Gasteiger partial charge in [0.15, 0.2) is 10.9 Å². The first-order valence-corrected chi connectivity index (χ1v) is 11.7. The molecule has 164 valence electrons. The zero-order chi connectivity index (χ0) is 21.6. The van der Waals surface area contributed by atoms with Crippen molar-refractivity contribution < 1.29 is 13.6 Å². The van der Waals surface area contributed by atoms with Crippen LogP contribution in [0.1, 0.15) is 48.7 Å². The molecule has 0 unspecified atom stereocenters. The second-order valence-electron chi connectivity index (χ2n) is 8.00. The third-order valence-corrected chi connectivity index (χ3v) is 6.66. The Labute approximate surface area is 185 Å². The molecule has 1 saturated heterocycles. The fraction of sp³-hybridized carbons (Fsp3) is 0.435. The Kier molecular flexibility index (Phi) is 7.06. The Bertz CT molecular complexity index is 980. The smallest absolute Gasteiger partial charge is 0.228 e. The molecule has 6 nitrogen and oxygen atoms in total. The number of rotatable bonds is 9. The summed E-state index contributed by atoms with van der Waals surface area (Å²) in [4.78, 5) is 14.6. The molecule has 0 radical (unpaired) electrons. The van der Waals surface area contributed by atoms with E-state index in [2.05, 4.69) is 26.6 Å². The fourth-order valence-electron chi connectivity index (χ4n) is 3.70. The van der Waals surface area contributed by atoms with Crippen molar-refractivity contribution in [3.05, 3.63) is 59.8 Å². The van der Waals surface area contributed by atoms with Crippen molar-refractivity contribution in [2.75, 3.05) is 23.7 Å². The lowest BCUT2D eigenvalue weighted by Gasteiger charge is -2.31. The monoisotopic (exact) mass is 442 g/mol. The summed E-state index contributed by atoms with van der Waals surface area (Å²) >= 11 is 1.60. The summed E-state index contributed by atoms with van der Waals surface area (Å²) < 4.78 is 20.7. The third kappa shape index (κ3) is 5.55. The van der Waals surface area contributed by atoms with Gasteiger partial charge in [0.2, 0.25) is 5.95 Å². The number of hydrogen-bond donors (Lipinski definition) is 0. The standard InChI is InChI=1S/C23H27FN4O2S/c1-17-10-12-27(13-11-17)22-25-26-23(28(22)16-20-4-2-14-30-20)31-15-3-5-21(29)18-6-8-19(24)9-7-18/h2,4,6-9,14,17H,3,5,10-13,15-16H2,1H3. The van der Waals surface area contributed by atoms with Gasteiger partial charge >= 0.3 is 0 Å². The molecule has 0 bridgehead atoms. The molecule has 0 aliphatic carbocycles. The average molecular weight is 443 g/mol. The Balaban J connectivity index is 1.39. The van der Waals surface area contributed by atoms with Gasteiger partial charge in [0.05, 0.1) is 12.8 Å². The molecule has 1 aliphatic heterocycles. The highest BCUT2D eigenvalue weighted by atomic mass is 32.2. The van der Waals surface area contributed by atoms with Crippen LogP contribution >= 0.6 is 11.8 Å².